The Morgan fingerprint density at radius 3 is 2.79 bits per heavy atom. The topological polar surface area (TPSA) is 66.5 Å². The SMILES string of the molecule is CCc1cccc(NC(=O)CCC(=O)N2CCCC(C(=O)c3cccs3)C2)c1. The first kappa shape index (κ1) is 20.3. The second-order valence-electron chi connectivity index (χ2n) is 7.12. The Balaban J connectivity index is 1.48. The summed E-state index contributed by atoms with van der Waals surface area (Å²) >= 11 is 1.45. The van der Waals surface area contributed by atoms with Crippen molar-refractivity contribution in [3.8, 4) is 0 Å². The van der Waals surface area contributed by atoms with E-state index in [-0.39, 0.29) is 36.4 Å². The maximum atomic E-state index is 12.6. The molecule has 1 unspecified atom stereocenters. The highest BCUT2D eigenvalue weighted by atomic mass is 32.1. The summed E-state index contributed by atoms with van der Waals surface area (Å²) < 4.78 is 0. The summed E-state index contributed by atoms with van der Waals surface area (Å²) in [6.07, 6.45) is 2.86. The van der Waals surface area contributed by atoms with E-state index >= 15 is 0 Å². The zero-order chi connectivity index (χ0) is 19.9. The van der Waals surface area contributed by atoms with E-state index in [4.69, 9.17) is 0 Å². The van der Waals surface area contributed by atoms with Gasteiger partial charge >= 0.3 is 0 Å². The fourth-order valence-electron chi connectivity index (χ4n) is 3.51. The van der Waals surface area contributed by atoms with Crippen molar-refractivity contribution in [2.45, 2.75) is 39.0 Å². The predicted octanol–water partition coefficient (Wildman–Crippen LogP) is 4.15. The zero-order valence-electron chi connectivity index (χ0n) is 16.1. The number of aryl methyl sites for hydroxylation is 1. The number of thiophene rings is 1. The van der Waals surface area contributed by atoms with Crippen LogP contribution in [0.15, 0.2) is 41.8 Å². The van der Waals surface area contributed by atoms with Crippen LogP contribution in [-0.4, -0.2) is 35.6 Å². The number of nitrogens with zero attached hydrogens (tertiary/aromatic N) is 1. The fraction of sp³-hybridized carbons (Fsp3) is 0.409. The first-order valence-electron chi connectivity index (χ1n) is 9.81. The second-order valence-corrected chi connectivity index (χ2v) is 8.07. The standard InChI is InChI=1S/C22H26N2O3S/c1-2-16-6-3-8-18(14-16)23-20(25)10-11-21(26)24-12-4-7-17(15-24)22(27)19-9-5-13-28-19/h3,5-6,8-9,13-14,17H,2,4,7,10-12,15H2,1H3,(H,23,25). The quantitative estimate of drug-likeness (QED) is 0.713. The van der Waals surface area contributed by atoms with Crippen LogP contribution < -0.4 is 5.32 Å². The molecule has 1 aliphatic heterocycles. The van der Waals surface area contributed by atoms with Gasteiger partial charge in [-0.3, -0.25) is 14.4 Å². The molecule has 0 bridgehead atoms. The van der Waals surface area contributed by atoms with Crippen LogP contribution in [0.25, 0.3) is 0 Å². The number of anilines is 1. The molecule has 5 nitrogen and oxygen atoms in total. The molecule has 28 heavy (non-hydrogen) atoms. The molecular formula is C22H26N2O3S. The van der Waals surface area contributed by atoms with Crippen molar-refractivity contribution in [3.05, 3.63) is 52.2 Å². The van der Waals surface area contributed by atoms with Crippen molar-refractivity contribution in [1.29, 1.82) is 0 Å². The lowest BCUT2D eigenvalue weighted by Gasteiger charge is -2.32. The van der Waals surface area contributed by atoms with Gasteiger partial charge in [0, 0.05) is 37.5 Å². The Kier molecular flexibility index (Phi) is 6.98. The van der Waals surface area contributed by atoms with Crippen LogP contribution in [0.5, 0.6) is 0 Å². The molecule has 2 amide bonds. The van der Waals surface area contributed by atoms with Crippen LogP contribution in [0.4, 0.5) is 5.69 Å². The van der Waals surface area contributed by atoms with Crippen LogP contribution in [-0.2, 0) is 16.0 Å². The molecule has 1 aromatic heterocycles. The molecule has 0 aliphatic carbocycles. The molecule has 3 rings (SSSR count). The number of carbonyl (C=O) groups is 3. The van der Waals surface area contributed by atoms with E-state index in [1.54, 1.807) is 4.90 Å². The van der Waals surface area contributed by atoms with Crippen molar-refractivity contribution in [3.63, 3.8) is 0 Å². The Morgan fingerprint density at radius 2 is 2.04 bits per heavy atom. The van der Waals surface area contributed by atoms with Crippen LogP contribution in [0.3, 0.4) is 0 Å². The summed E-state index contributed by atoms with van der Waals surface area (Å²) in [5, 5.41) is 4.75. The van der Waals surface area contributed by atoms with Gasteiger partial charge in [-0.25, -0.2) is 0 Å². The summed E-state index contributed by atoms with van der Waals surface area (Å²) in [6, 6.07) is 11.4. The number of hydrogen-bond donors (Lipinski definition) is 1. The Bertz CT molecular complexity index is 832. The van der Waals surface area contributed by atoms with Gasteiger partial charge in [0.1, 0.15) is 0 Å². The van der Waals surface area contributed by atoms with Crippen LogP contribution >= 0.6 is 11.3 Å². The Labute approximate surface area is 169 Å². The molecule has 1 atom stereocenters. The highest BCUT2D eigenvalue weighted by Gasteiger charge is 2.29. The number of carbonyl (C=O) groups excluding carboxylic acids is 3. The molecule has 1 saturated heterocycles. The summed E-state index contributed by atoms with van der Waals surface area (Å²) in [6.45, 7) is 3.18. The van der Waals surface area contributed by atoms with E-state index < -0.39 is 0 Å². The molecular weight excluding hydrogens is 372 g/mol. The third-order valence-corrected chi connectivity index (χ3v) is 5.98. The van der Waals surface area contributed by atoms with Gasteiger partial charge in [0.2, 0.25) is 11.8 Å². The van der Waals surface area contributed by atoms with Crippen molar-refractivity contribution in [1.82, 2.24) is 4.90 Å². The molecule has 2 aromatic rings. The number of piperidine rings is 1. The van der Waals surface area contributed by atoms with Gasteiger partial charge in [0.05, 0.1) is 4.88 Å². The lowest BCUT2D eigenvalue weighted by molar-refractivity contribution is -0.134. The summed E-state index contributed by atoms with van der Waals surface area (Å²) in [5.41, 5.74) is 1.92. The molecule has 0 spiro atoms. The largest absolute Gasteiger partial charge is 0.342 e. The molecule has 1 aliphatic rings. The number of benzene rings is 1. The van der Waals surface area contributed by atoms with Crippen molar-refractivity contribution < 1.29 is 14.4 Å². The maximum absolute atomic E-state index is 12.6. The summed E-state index contributed by atoms with van der Waals surface area (Å²) in [5.74, 6) is -0.228. The number of Topliss-reactive ketones (excluding diaryl/α,β-unsaturated/α-hetero) is 1. The monoisotopic (exact) mass is 398 g/mol. The van der Waals surface area contributed by atoms with E-state index in [0.29, 0.717) is 13.1 Å². The number of hydrogen-bond acceptors (Lipinski definition) is 4. The molecule has 1 fully saturated rings. The van der Waals surface area contributed by atoms with Crippen molar-refractivity contribution in [2.75, 3.05) is 18.4 Å². The number of ketones is 1. The van der Waals surface area contributed by atoms with Gasteiger partial charge in [0.25, 0.3) is 0 Å². The Hall–Kier alpha value is -2.47. The molecule has 148 valence electrons. The molecule has 1 N–H and O–H groups in total. The first-order chi connectivity index (χ1) is 13.6. The van der Waals surface area contributed by atoms with E-state index in [0.717, 1.165) is 35.4 Å². The summed E-state index contributed by atoms with van der Waals surface area (Å²) in [7, 11) is 0. The molecule has 0 saturated carbocycles. The van der Waals surface area contributed by atoms with Gasteiger partial charge in [-0.05, 0) is 48.4 Å². The number of nitrogens with one attached hydrogen (secondary N) is 1. The van der Waals surface area contributed by atoms with Gasteiger partial charge in [-0.1, -0.05) is 25.1 Å². The van der Waals surface area contributed by atoms with Crippen molar-refractivity contribution >= 4 is 34.6 Å². The molecule has 6 heteroatoms. The minimum atomic E-state index is -0.162. The highest BCUT2D eigenvalue weighted by molar-refractivity contribution is 7.12. The van der Waals surface area contributed by atoms with E-state index in [1.165, 1.54) is 11.3 Å². The van der Waals surface area contributed by atoms with Crippen LogP contribution in [0.2, 0.25) is 0 Å². The van der Waals surface area contributed by atoms with Crippen molar-refractivity contribution in [2.24, 2.45) is 5.92 Å². The average Bonchev–Trinajstić information content (AvgIpc) is 3.26. The Morgan fingerprint density at radius 1 is 1.18 bits per heavy atom. The third-order valence-electron chi connectivity index (χ3n) is 5.09. The minimum absolute atomic E-state index is 0.0545. The minimum Gasteiger partial charge on any atom is -0.342 e. The molecule has 1 aromatic carbocycles. The van der Waals surface area contributed by atoms with Gasteiger partial charge in [-0.2, -0.15) is 0 Å². The fourth-order valence-corrected chi connectivity index (χ4v) is 4.25. The normalized spacial score (nSPS) is 16.6. The lowest BCUT2D eigenvalue weighted by Crippen LogP contribution is -2.42. The lowest BCUT2D eigenvalue weighted by atomic mass is 9.92. The molecule has 2 heterocycles. The average molecular weight is 399 g/mol. The zero-order valence-corrected chi connectivity index (χ0v) is 17.0. The van der Waals surface area contributed by atoms with Gasteiger partial charge < -0.3 is 10.2 Å². The van der Waals surface area contributed by atoms with Gasteiger partial charge in [0.15, 0.2) is 5.78 Å². The van der Waals surface area contributed by atoms with E-state index in [2.05, 4.69) is 12.2 Å². The second kappa shape index (κ2) is 9.64. The van der Waals surface area contributed by atoms with Gasteiger partial charge in [-0.15, -0.1) is 11.3 Å². The summed E-state index contributed by atoms with van der Waals surface area (Å²) in [4.78, 5) is 39.8. The smallest absolute Gasteiger partial charge is 0.224 e. The van der Waals surface area contributed by atoms with Crippen LogP contribution in [0.1, 0.15) is 47.8 Å². The predicted molar refractivity (Wildman–Crippen MR) is 112 cm³/mol. The maximum Gasteiger partial charge on any atom is 0.224 e. The third kappa shape index (κ3) is 5.29. The molecule has 0 radical (unpaired) electrons. The number of amides is 2. The van der Waals surface area contributed by atoms with Crippen LogP contribution in [0, 0.1) is 5.92 Å². The van der Waals surface area contributed by atoms with E-state index in [9.17, 15) is 14.4 Å². The number of likely N-dealkylation sites (tertiary alicyclic amines) is 1. The highest BCUT2D eigenvalue weighted by Crippen LogP contribution is 2.24. The first-order valence-corrected chi connectivity index (χ1v) is 10.7. The van der Waals surface area contributed by atoms with E-state index in [1.807, 2.05) is 41.8 Å². The number of rotatable bonds is 7.